The summed E-state index contributed by atoms with van der Waals surface area (Å²) in [5, 5.41) is 12.6. The Balaban J connectivity index is 1.77. The Morgan fingerprint density at radius 2 is 2.22 bits per heavy atom. The maximum Gasteiger partial charge on any atom is 0.321 e. The number of anilines is 1. The number of likely N-dealkylation sites (tertiary alicyclic amines) is 1. The average molecular weight is 316 g/mol. The van der Waals surface area contributed by atoms with Crippen LogP contribution in [0.3, 0.4) is 0 Å². The molecule has 0 spiro atoms. The van der Waals surface area contributed by atoms with Crippen LogP contribution in [0.1, 0.15) is 37.3 Å². The third-order valence-electron chi connectivity index (χ3n) is 5.56. The van der Waals surface area contributed by atoms with E-state index < -0.39 is 11.4 Å². The summed E-state index contributed by atoms with van der Waals surface area (Å²) < 4.78 is 0. The molecule has 1 saturated carbocycles. The van der Waals surface area contributed by atoms with E-state index in [2.05, 4.69) is 12.2 Å². The first-order chi connectivity index (χ1) is 11.0. The summed E-state index contributed by atoms with van der Waals surface area (Å²) in [6, 6.07) is 5.81. The van der Waals surface area contributed by atoms with Gasteiger partial charge >= 0.3 is 12.0 Å². The minimum atomic E-state index is -0.750. The Hall–Kier alpha value is -2.04. The predicted molar refractivity (Wildman–Crippen MR) is 88.6 cm³/mol. The van der Waals surface area contributed by atoms with E-state index in [-0.39, 0.29) is 11.9 Å². The molecule has 0 aromatic heterocycles. The molecule has 1 aliphatic heterocycles. The number of urea groups is 1. The molecule has 1 aromatic rings. The largest absolute Gasteiger partial charge is 0.481 e. The minimum absolute atomic E-state index is 0.0910. The first-order valence-electron chi connectivity index (χ1n) is 8.35. The fourth-order valence-electron chi connectivity index (χ4n) is 4.18. The van der Waals surface area contributed by atoms with Crippen molar-refractivity contribution in [2.75, 3.05) is 18.4 Å². The van der Waals surface area contributed by atoms with E-state index in [1.165, 1.54) is 0 Å². The van der Waals surface area contributed by atoms with Crippen molar-refractivity contribution < 1.29 is 14.7 Å². The lowest BCUT2D eigenvalue weighted by Crippen LogP contribution is -2.38. The lowest BCUT2D eigenvalue weighted by molar-refractivity contribution is -0.149. The first kappa shape index (κ1) is 15.8. The standard InChI is InChI=1S/C18H24N2O3/c1-3-13-7-4-6-12(2)15(13)19-17(23)20-10-14-8-5-9-18(14,11-20)16(21)22/h4,6-7,14H,3,5,8-11H2,1-2H3,(H,19,23)(H,21,22)/t14-,18+/m0/s1. The number of aliphatic carboxylic acids is 1. The normalized spacial score (nSPS) is 26.2. The van der Waals surface area contributed by atoms with Gasteiger partial charge in [-0.05, 0) is 43.2 Å². The van der Waals surface area contributed by atoms with E-state index >= 15 is 0 Å². The van der Waals surface area contributed by atoms with Crippen molar-refractivity contribution >= 4 is 17.7 Å². The molecule has 124 valence electrons. The monoisotopic (exact) mass is 316 g/mol. The van der Waals surface area contributed by atoms with Crippen molar-refractivity contribution in [3.8, 4) is 0 Å². The number of hydrogen-bond acceptors (Lipinski definition) is 2. The average Bonchev–Trinajstić information content (AvgIpc) is 3.07. The first-order valence-corrected chi connectivity index (χ1v) is 8.35. The number of nitrogens with zero attached hydrogens (tertiary/aromatic N) is 1. The van der Waals surface area contributed by atoms with Crippen LogP contribution in [-0.4, -0.2) is 35.1 Å². The molecule has 2 amide bonds. The van der Waals surface area contributed by atoms with Crippen LogP contribution in [0.4, 0.5) is 10.5 Å². The number of fused-ring (bicyclic) bond motifs is 1. The van der Waals surface area contributed by atoms with Crippen LogP contribution >= 0.6 is 0 Å². The smallest absolute Gasteiger partial charge is 0.321 e. The molecule has 1 aliphatic carbocycles. The maximum atomic E-state index is 12.7. The van der Waals surface area contributed by atoms with Gasteiger partial charge in [0.1, 0.15) is 0 Å². The lowest BCUT2D eigenvalue weighted by Gasteiger charge is -2.24. The minimum Gasteiger partial charge on any atom is -0.481 e. The zero-order valence-electron chi connectivity index (χ0n) is 13.8. The SMILES string of the molecule is CCc1cccc(C)c1NC(=O)N1C[C@@H]2CCC[C@@]2(C(=O)O)C1. The van der Waals surface area contributed by atoms with E-state index in [0.29, 0.717) is 19.5 Å². The van der Waals surface area contributed by atoms with Crippen molar-refractivity contribution in [2.45, 2.75) is 39.5 Å². The summed E-state index contributed by atoms with van der Waals surface area (Å²) in [5.41, 5.74) is 2.27. The summed E-state index contributed by atoms with van der Waals surface area (Å²) in [7, 11) is 0. The van der Waals surface area contributed by atoms with Crippen molar-refractivity contribution in [1.82, 2.24) is 4.90 Å². The number of para-hydroxylation sites is 1. The highest BCUT2D eigenvalue weighted by atomic mass is 16.4. The summed E-state index contributed by atoms with van der Waals surface area (Å²) in [4.78, 5) is 26.1. The Kier molecular flexibility index (Phi) is 4.04. The van der Waals surface area contributed by atoms with Crippen LogP contribution in [0.5, 0.6) is 0 Å². The quantitative estimate of drug-likeness (QED) is 0.899. The molecule has 1 saturated heterocycles. The number of carboxylic acids is 1. The van der Waals surface area contributed by atoms with Crippen molar-refractivity contribution in [3.63, 3.8) is 0 Å². The van der Waals surface area contributed by atoms with E-state index in [0.717, 1.165) is 36.1 Å². The van der Waals surface area contributed by atoms with Gasteiger partial charge in [0.25, 0.3) is 0 Å². The Bertz CT molecular complexity index is 643. The molecule has 2 aliphatic rings. The zero-order chi connectivity index (χ0) is 16.6. The number of aryl methyl sites for hydroxylation is 2. The van der Waals surface area contributed by atoms with Gasteiger partial charge in [-0.2, -0.15) is 0 Å². The Morgan fingerprint density at radius 1 is 1.43 bits per heavy atom. The Labute approximate surface area is 136 Å². The summed E-state index contributed by atoms with van der Waals surface area (Å²) in [5.74, 6) is -0.659. The molecule has 0 bridgehead atoms. The topological polar surface area (TPSA) is 69.6 Å². The van der Waals surface area contributed by atoms with Crippen LogP contribution in [0.15, 0.2) is 18.2 Å². The molecule has 1 heterocycles. The van der Waals surface area contributed by atoms with Crippen molar-refractivity contribution in [2.24, 2.45) is 11.3 Å². The number of rotatable bonds is 3. The number of benzene rings is 1. The van der Waals surface area contributed by atoms with Crippen molar-refractivity contribution in [3.05, 3.63) is 29.3 Å². The van der Waals surface area contributed by atoms with Gasteiger partial charge in [-0.1, -0.05) is 31.5 Å². The van der Waals surface area contributed by atoms with Crippen LogP contribution in [0.2, 0.25) is 0 Å². The lowest BCUT2D eigenvalue weighted by atomic mass is 9.81. The second-order valence-corrected chi connectivity index (χ2v) is 6.82. The maximum absolute atomic E-state index is 12.7. The van der Waals surface area contributed by atoms with Gasteiger partial charge in [0.05, 0.1) is 5.41 Å². The molecule has 2 atom stereocenters. The van der Waals surface area contributed by atoms with Crippen LogP contribution in [-0.2, 0) is 11.2 Å². The number of hydrogen-bond donors (Lipinski definition) is 2. The molecule has 0 unspecified atom stereocenters. The molecule has 5 heteroatoms. The van der Waals surface area contributed by atoms with Gasteiger partial charge < -0.3 is 15.3 Å². The van der Waals surface area contributed by atoms with Gasteiger partial charge in [0.15, 0.2) is 0 Å². The summed E-state index contributed by atoms with van der Waals surface area (Å²) in [6.45, 7) is 4.91. The number of carbonyl (C=O) groups is 2. The number of amides is 2. The summed E-state index contributed by atoms with van der Waals surface area (Å²) >= 11 is 0. The van der Waals surface area contributed by atoms with Crippen LogP contribution < -0.4 is 5.32 Å². The molecule has 23 heavy (non-hydrogen) atoms. The van der Waals surface area contributed by atoms with E-state index in [4.69, 9.17) is 0 Å². The molecule has 0 radical (unpaired) electrons. The summed E-state index contributed by atoms with van der Waals surface area (Å²) in [6.07, 6.45) is 3.38. The van der Waals surface area contributed by atoms with Gasteiger partial charge in [-0.15, -0.1) is 0 Å². The van der Waals surface area contributed by atoms with Crippen LogP contribution in [0, 0.1) is 18.3 Å². The van der Waals surface area contributed by atoms with Gasteiger partial charge in [0, 0.05) is 18.8 Å². The molecule has 1 aromatic carbocycles. The second-order valence-electron chi connectivity index (χ2n) is 6.82. The van der Waals surface area contributed by atoms with E-state index in [9.17, 15) is 14.7 Å². The fourth-order valence-corrected chi connectivity index (χ4v) is 4.18. The van der Waals surface area contributed by atoms with Crippen molar-refractivity contribution in [1.29, 1.82) is 0 Å². The second kappa shape index (κ2) is 5.87. The highest BCUT2D eigenvalue weighted by Crippen LogP contribution is 2.49. The molecule has 2 N–H and O–H groups in total. The number of nitrogens with one attached hydrogen (secondary N) is 1. The van der Waals surface area contributed by atoms with Gasteiger partial charge in [-0.25, -0.2) is 4.79 Å². The highest BCUT2D eigenvalue weighted by Gasteiger charge is 2.55. The zero-order valence-corrected chi connectivity index (χ0v) is 13.8. The fraction of sp³-hybridized carbons (Fsp3) is 0.556. The number of carboxylic acid groups (broad SMARTS) is 1. The molecular formula is C18H24N2O3. The highest BCUT2D eigenvalue weighted by molar-refractivity contribution is 5.92. The van der Waals surface area contributed by atoms with E-state index in [1.807, 2.05) is 25.1 Å². The molecule has 2 fully saturated rings. The third-order valence-corrected chi connectivity index (χ3v) is 5.56. The third kappa shape index (κ3) is 2.58. The van der Waals surface area contributed by atoms with Crippen LogP contribution in [0.25, 0.3) is 0 Å². The number of carbonyl (C=O) groups excluding carboxylic acids is 1. The molecular weight excluding hydrogens is 292 g/mol. The molecule has 3 rings (SSSR count). The van der Waals surface area contributed by atoms with Gasteiger partial charge in [0.2, 0.25) is 0 Å². The Morgan fingerprint density at radius 3 is 2.87 bits per heavy atom. The molecule has 5 nitrogen and oxygen atoms in total. The van der Waals surface area contributed by atoms with E-state index in [1.54, 1.807) is 4.90 Å². The van der Waals surface area contributed by atoms with Gasteiger partial charge in [-0.3, -0.25) is 4.79 Å². The predicted octanol–water partition coefficient (Wildman–Crippen LogP) is 3.28.